The second-order valence-corrected chi connectivity index (χ2v) is 4.21. The fourth-order valence-electron chi connectivity index (χ4n) is 1.48. The number of aryl methyl sites for hydroxylation is 1. The highest BCUT2D eigenvalue weighted by Gasteiger charge is 2.03. The summed E-state index contributed by atoms with van der Waals surface area (Å²) in [6.45, 7) is 1.86. The molecule has 1 aromatic carbocycles. The maximum atomic E-state index is 11.7. The standard InChI is InChI=1S/C13H12ClN3O/c1-9-7-12(5-6-15-9)17-13(18)16-11-4-2-3-10(14)8-11/h2-8H,1H3,(H2,15,16,17,18). The van der Waals surface area contributed by atoms with Gasteiger partial charge in [-0.1, -0.05) is 17.7 Å². The van der Waals surface area contributed by atoms with Gasteiger partial charge in [0.05, 0.1) is 0 Å². The fraction of sp³-hybridized carbons (Fsp3) is 0.0769. The summed E-state index contributed by atoms with van der Waals surface area (Å²) in [7, 11) is 0. The largest absolute Gasteiger partial charge is 0.323 e. The molecule has 92 valence electrons. The molecular weight excluding hydrogens is 250 g/mol. The maximum Gasteiger partial charge on any atom is 0.323 e. The molecule has 2 amide bonds. The van der Waals surface area contributed by atoms with Crippen LogP contribution in [0.4, 0.5) is 16.2 Å². The molecular formula is C13H12ClN3O. The molecule has 0 saturated carbocycles. The minimum atomic E-state index is -0.317. The Labute approximate surface area is 110 Å². The molecule has 2 rings (SSSR count). The van der Waals surface area contributed by atoms with Gasteiger partial charge in [0.15, 0.2) is 0 Å². The molecule has 0 bridgehead atoms. The molecule has 1 heterocycles. The first kappa shape index (κ1) is 12.4. The topological polar surface area (TPSA) is 54.0 Å². The van der Waals surface area contributed by atoms with Crippen LogP contribution in [0, 0.1) is 6.92 Å². The minimum Gasteiger partial charge on any atom is -0.308 e. The summed E-state index contributed by atoms with van der Waals surface area (Å²) in [5, 5.41) is 5.99. The second-order valence-electron chi connectivity index (χ2n) is 3.78. The number of rotatable bonds is 2. The fourth-order valence-corrected chi connectivity index (χ4v) is 1.67. The number of nitrogens with zero attached hydrogens (tertiary/aromatic N) is 1. The van der Waals surface area contributed by atoms with Gasteiger partial charge in [0, 0.05) is 28.3 Å². The van der Waals surface area contributed by atoms with E-state index in [1.807, 2.05) is 6.92 Å². The van der Waals surface area contributed by atoms with Crippen LogP contribution in [0.3, 0.4) is 0 Å². The third-order valence-electron chi connectivity index (χ3n) is 2.24. The highest BCUT2D eigenvalue weighted by molar-refractivity contribution is 6.30. The molecule has 0 aliphatic rings. The zero-order valence-electron chi connectivity index (χ0n) is 9.77. The van der Waals surface area contributed by atoms with Crippen LogP contribution in [0.5, 0.6) is 0 Å². The van der Waals surface area contributed by atoms with Crippen molar-refractivity contribution >= 4 is 29.0 Å². The minimum absolute atomic E-state index is 0.317. The van der Waals surface area contributed by atoms with Gasteiger partial charge >= 0.3 is 6.03 Å². The van der Waals surface area contributed by atoms with Crippen molar-refractivity contribution in [1.82, 2.24) is 4.98 Å². The molecule has 0 fully saturated rings. The highest BCUT2D eigenvalue weighted by Crippen LogP contribution is 2.15. The van der Waals surface area contributed by atoms with Gasteiger partial charge in [-0.05, 0) is 37.3 Å². The lowest BCUT2D eigenvalue weighted by Gasteiger charge is -2.08. The molecule has 0 spiro atoms. The van der Waals surface area contributed by atoms with Crippen molar-refractivity contribution in [2.45, 2.75) is 6.92 Å². The van der Waals surface area contributed by atoms with E-state index in [4.69, 9.17) is 11.6 Å². The van der Waals surface area contributed by atoms with Crippen LogP contribution in [0.2, 0.25) is 5.02 Å². The van der Waals surface area contributed by atoms with Crippen molar-refractivity contribution in [3.63, 3.8) is 0 Å². The molecule has 2 N–H and O–H groups in total. The second kappa shape index (κ2) is 5.51. The van der Waals surface area contributed by atoms with Gasteiger partial charge in [0.1, 0.15) is 0 Å². The average Bonchev–Trinajstić information content (AvgIpc) is 2.28. The lowest BCUT2D eigenvalue weighted by atomic mass is 10.3. The van der Waals surface area contributed by atoms with Gasteiger partial charge in [0.25, 0.3) is 0 Å². The predicted molar refractivity (Wildman–Crippen MR) is 73.1 cm³/mol. The predicted octanol–water partition coefficient (Wildman–Crippen LogP) is 3.69. The van der Waals surface area contributed by atoms with E-state index in [0.29, 0.717) is 16.4 Å². The number of hydrogen-bond acceptors (Lipinski definition) is 2. The number of benzene rings is 1. The summed E-state index contributed by atoms with van der Waals surface area (Å²) in [4.78, 5) is 15.8. The molecule has 0 radical (unpaired) electrons. The lowest BCUT2D eigenvalue weighted by molar-refractivity contribution is 0.262. The molecule has 0 saturated heterocycles. The molecule has 0 aliphatic heterocycles. The van der Waals surface area contributed by atoms with Crippen LogP contribution in [0.15, 0.2) is 42.6 Å². The molecule has 5 heteroatoms. The van der Waals surface area contributed by atoms with Gasteiger partial charge in [-0.15, -0.1) is 0 Å². The van der Waals surface area contributed by atoms with Crippen molar-refractivity contribution in [1.29, 1.82) is 0 Å². The number of urea groups is 1. The van der Waals surface area contributed by atoms with Gasteiger partial charge in [-0.25, -0.2) is 4.79 Å². The van der Waals surface area contributed by atoms with E-state index in [0.717, 1.165) is 5.69 Å². The first-order valence-corrected chi connectivity index (χ1v) is 5.77. The van der Waals surface area contributed by atoms with Crippen LogP contribution in [0.1, 0.15) is 5.69 Å². The zero-order valence-corrected chi connectivity index (χ0v) is 10.5. The normalized spacial score (nSPS) is 9.89. The number of amides is 2. The van der Waals surface area contributed by atoms with E-state index in [-0.39, 0.29) is 6.03 Å². The molecule has 4 nitrogen and oxygen atoms in total. The third kappa shape index (κ3) is 3.46. The van der Waals surface area contributed by atoms with Crippen LogP contribution in [-0.4, -0.2) is 11.0 Å². The maximum absolute atomic E-state index is 11.7. The van der Waals surface area contributed by atoms with Gasteiger partial charge in [0.2, 0.25) is 0 Å². The summed E-state index contributed by atoms with van der Waals surface area (Å²) >= 11 is 5.83. The number of pyridine rings is 1. The molecule has 2 aromatic rings. The summed E-state index contributed by atoms with van der Waals surface area (Å²) in [5.74, 6) is 0. The number of hydrogen-bond donors (Lipinski definition) is 2. The van der Waals surface area contributed by atoms with Crippen molar-refractivity contribution < 1.29 is 4.79 Å². The molecule has 0 unspecified atom stereocenters. The van der Waals surface area contributed by atoms with Gasteiger partial charge in [-0.2, -0.15) is 0 Å². The lowest BCUT2D eigenvalue weighted by Crippen LogP contribution is -2.19. The summed E-state index contributed by atoms with van der Waals surface area (Å²) in [6, 6.07) is 10.2. The Hall–Kier alpha value is -2.07. The van der Waals surface area contributed by atoms with Crippen LogP contribution in [0.25, 0.3) is 0 Å². The average molecular weight is 262 g/mol. The number of carbonyl (C=O) groups is 1. The molecule has 1 aromatic heterocycles. The quantitative estimate of drug-likeness (QED) is 0.866. The molecule has 0 atom stereocenters. The summed E-state index contributed by atoms with van der Waals surface area (Å²) in [6.07, 6.45) is 1.64. The Balaban J connectivity index is 2.01. The van der Waals surface area contributed by atoms with E-state index < -0.39 is 0 Å². The third-order valence-corrected chi connectivity index (χ3v) is 2.47. The van der Waals surface area contributed by atoms with E-state index in [9.17, 15) is 4.79 Å². The smallest absolute Gasteiger partial charge is 0.308 e. The Morgan fingerprint density at radius 2 is 1.89 bits per heavy atom. The summed E-state index contributed by atoms with van der Waals surface area (Å²) in [5.41, 5.74) is 2.18. The number of anilines is 2. The van der Waals surface area contributed by atoms with E-state index in [2.05, 4.69) is 15.6 Å². The molecule has 0 aliphatic carbocycles. The van der Waals surface area contributed by atoms with E-state index in [1.165, 1.54) is 0 Å². The Morgan fingerprint density at radius 1 is 1.17 bits per heavy atom. The highest BCUT2D eigenvalue weighted by atomic mass is 35.5. The molecule has 18 heavy (non-hydrogen) atoms. The van der Waals surface area contributed by atoms with Gasteiger partial charge in [-0.3, -0.25) is 4.98 Å². The van der Waals surface area contributed by atoms with Crippen molar-refractivity contribution in [2.75, 3.05) is 10.6 Å². The van der Waals surface area contributed by atoms with Crippen molar-refractivity contribution in [3.05, 3.63) is 53.3 Å². The van der Waals surface area contributed by atoms with Gasteiger partial charge < -0.3 is 10.6 Å². The zero-order chi connectivity index (χ0) is 13.0. The number of carbonyl (C=O) groups excluding carboxylic acids is 1. The first-order chi connectivity index (χ1) is 8.63. The number of nitrogens with one attached hydrogen (secondary N) is 2. The van der Waals surface area contributed by atoms with E-state index >= 15 is 0 Å². The number of aromatic nitrogens is 1. The summed E-state index contributed by atoms with van der Waals surface area (Å²) < 4.78 is 0. The monoisotopic (exact) mass is 261 g/mol. The Bertz CT molecular complexity index is 522. The first-order valence-electron chi connectivity index (χ1n) is 5.40. The van der Waals surface area contributed by atoms with Crippen molar-refractivity contribution in [2.24, 2.45) is 0 Å². The van der Waals surface area contributed by atoms with Crippen LogP contribution in [-0.2, 0) is 0 Å². The van der Waals surface area contributed by atoms with Crippen molar-refractivity contribution in [3.8, 4) is 0 Å². The van der Waals surface area contributed by atoms with E-state index in [1.54, 1.807) is 42.6 Å². The SMILES string of the molecule is Cc1cc(NC(=O)Nc2cccc(Cl)c2)ccn1. The van der Waals surface area contributed by atoms with Crippen LogP contribution >= 0.6 is 11.6 Å². The Morgan fingerprint density at radius 3 is 2.56 bits per heavy atom. The number of halogens is 1. The Kier molecular flexibility index (Phi) is 3.79. The van der Waals surface area contributed by atoms with Crippen LogP contribution < -0.4 is 10.6 Å².